The van der Waals surface area contributed by atoms with Gasteiger partial charge in [-0.05, 0) is 25.8 Å². The van der Waals surface area contributed by atoms with Crippen LogP contribution in [0.25, 0.3) is 0 Å². The minimum atomic E-state index is -0.313. The first kappa shape index (κ1) is 10.5. The van der Waals surface area contributed by atoms with Gasteiger partial charge in [-0.3, -0.25) is 5.32 Å². The van der Waals surface area contributed by atoms with Gasteiger partial charge >= 0.3 is 0 Å². The highest BCUT2D eigenvalue weighted by molar-refractivity contribution is 5.07. The molecule has 1 fully saturated rings. The third kappa shape index (κ3) is 2.98. The smallest absolute Gasteiger partial charge is 0.109 e. The van der Waals surface area contributed by atoms with Crippen LogP contribution in [0, 0.1) is 11.3 Å². The molecule has 0 aliphatic carbocycles. The summed E-state index contributed by atoms with van der Waals surface area (Å²) in [6.45, 7) is 4.56. The number of nitrogens with zero attached hydrogens (tertiary/aromatic N) is 1. The summed E-state index contributed by atoms with van der Waals surface area (Å²) in [4.78, 5) is 0. The van der Waals surface area contributed by atoms with Gasteiger partial charge in [-0.15, -0.1) is 0 Å². The molecule has 0 amide bonds. The summed E-state index contributed by atoms with van der Waals surface area (Å²) in [7, 11) is 0. The second-order valence-corrected chi connectivity index (χ2v) is 3.59. The number of nitrogens with one attached hydrogen (secondary N) is 1. The molecule has 0 saturated carbocycles. The van der Waals surface area contributed by atoms with E-state index in [1.54, 1.807) is 0 Å². The molecule has 0 radical (unpaired) electrons. The lowest BCUT2D eigenvalue weighted by Gasteiger charge is -2.25. The van der Waals surface area contributed by atoms with Gasteiger partial charge in [0.2, 0.25) is 0 Å². The van der Waals surface area contributed by atoms with Crippen LogP contribution < -0.4 is 5.32 Å². The largest absolute Gasteiger partial charge is 0.381 e. The molecule has 74 valence electrons. The van der Waals surface area contributed by atoms with Crippen LogP contribution in [-0.2, 0) is 4.74 Å². The van der Waals surface area contributed by atoms with Gasteiger partial charge in [0.1, 0.15) is 5.54 Å². The first-order valence-corrected chi connectivity index (χ1v) is 5.07. The quantitative estimate of drug-likeness (QED) is 0.718. The summed E-state index contributed by atoms with van der Waals surface area (Å²) in [5, 5.41) is 12.5. The summed E-state index contributed by atoms with van der Waals surface area (Å²) in [6, 6.07) is 2.40. The Balaban J connectivity index is 2.50. The van der Waals surface area contributed by atoms with E-state index < -0.39 is 0 Å². The van der Waals surface area contributed by atoms with Crippen molar-refractivity contribution in [1.82, 2.24) is 5.32 Å². The van der Waals surface area contributed by atoms with Crippen molar-refractivity contribution >= 4 is 0 Å². The molecular weight excluding hydrogens is 164 g/mol. The third-order valence-corrected chi connectivity index (χ3v) is 2.49. The van der Waals surface area contributed by atoms with E-state index in [0.717, 1.165) is 38.8 Å². The highest BCUT2D eigenvalue weighted by Crippen LogP contribution is 2.20. The van der Waals surface area contributed by atoms with Crippen molar-refractivity contribution in [3.05, 3.63) is 0 Å². The van der Waals surface area contributed by atoms with E-state index in [1.807, 2.05) is 0 Å². The summed E-state index contributed by atoms with van der Waals surface area (Å²) >= 11 is 0. The van der Waals surface area contributed by atoms with Gasteiger partial charge in [0.05, 0.1) is 6.07 Å². The molecule has 0 aromatic carbocycles. The fraction of sp³-hybridized carbons (Fsp3) is 0.900. The number of nitriles is 1. The zero-order chi connectivity index (χ0) is 9.57. The van der Waals surface area contributed by atoms with Crippen LogP contribution in [0.4, 0.5) is 0 Å². The summed E-state index contributed by atoms with van der Waals surface area (Å²) < 4.78 is 5.34. The maximum absolute atomic E-state index is 9.13. The Hall–Kier alpha value is -0.590. The molecule has 1 atom stereocenters. The van der Waals surface area contributed by atoms with Crippen LogP contribution in [-0.4, -0.2) is 25.3 Å². The Morgan fingerprint density at radius 1 is 1.46 bits per heavy atom. The van der Waals surface area contributed by atoms with Gasteiger partial charge in [-0.1, -0.05) is 6.92 Å². The molecule has 1 rings (SSSR count). The van der Waals surface area contributed by atoms with E-state index in [1.165, 1.54) is 0 Å². The van der Waals surface area contributed by atoms with Gasteiger partial charge in [-0.2, -0.15) is 5.26 Å². The topological polar surface area (TPSA) is 45.0 Å². The van der Waals surface area contributed by atoms with E-state index >= 15 is 0 Å². The fourth-order valence-corrected chi connectivity index (χ4v) is 1.64. The van der Waals surface area contributed by atoms with Crippen LogP contribution in [0.5, 0.6) is 0 Å². The number of hydrogen-bond donors (Lipinski definition) is 1. The standard InChI is InChI=1S/C10H18N2O/c1-2-6-12-10(9-11)4-3-7-13-8-5-10/h12H,2-8H2,1H3. The molecule has 1 N–H and O–H groups in total. The zero-order valence-corrected chi connectivity index (χ0v) is 8.31. The fourth-order valence-electron chi connectivity index (χ4n) is 1.64. The Labute approximate surface area is 80.1 Å². The predicted octanol–water partition coefficient (Wildman–Crippen LogP) is 1.45. The molecule has 1 saturated heterocycles. The molecule has 1 heterocycles. The highest BCUT2D eigenvalue weighted by atomic mass is 16.5. The molecule has 3 heteroatoms. The average Bonchev–Trinajstić information content (AvgIpc) is 2.41. The van der Waals surface area contributed by atoms with Crippen molar-refractivity contribution in [2.24, 2.45) is 0 Å². The maximum atomic E-state index is 9.13. The predicted molar refractivity (Wildman–Crippen MR) is 51.3 cm³/mol. The minimum Gasteiger partial charge on any atom is -0.381 e. The Morgan fingerprint density at radius 2 is 2.31 bits per heavy atom. The second kappa shape index (κ2) is 5.21. The number of ether oxygens (including phenoxy) is 1. The van der Waals surface area contributed by atoms with Crippen molar-refractivity contribution < 1.29 is 4.74 Å². The van der Waals surface area contributed by atoms with Crippen LogP contribution >= 0.6 is 0 Å². The first-order chi connectivity index (χ1) is 6.33. The van der Waals surface area contributed by atoms with Gasteiger partial charge in [-0.25, -0.2) is 0 Å². The molecule has 13 heavy (non-hydrogen) atoms. The lowest BCUT2D eigenvalue weighted by Crippen LogP contribution is -2.44. The number of rotatable bonds is 3. The normalized spacial score (nSPS) is 29.2. The molecule has 1 aliphatic rings. The second-order valence-electron chi connectivity index (χ2n) is 3.59. The van der Waals surface area contributed by atoms with E-state index in [-0.39, 0.29) is 5.54 Å². The van der Waals surface area contributed by atoms with Gasteiger partial charge in [0, 0.05) is 19.6 Å². The lowest BCUT2D eigenvalue weighted by atomic mass is 9.92. The molecule has 1 unspecified atom stereocenters. The Morgan fingerprint density at radius 3 is 3.00 bits per heavy atom. The molecule has 0 aromatic rings. The SMILES string of the molecule is CCCNC1(C#N)CCCOCC1. The maximum Gasteiger partial charge on any atom is 0.109 e. The van der Waals surface area contributed by atoms with Gasteiger partial charge < -0.3 is 4.74 Å². The monoisotopic (exact) mass is 182 g/mol. The molecule has 0 aromatic heterocycles. The third-order valence-electron chi connectivity index (χ3n) is 2.49. The van der Waals surface area contributed by atoms with E-state index in [2.05, 4.69) is 18.3 Å². The molecule has 0 bridgehead atoms. The van der Waals surface area contributed by atoms with Crippen LogP contribution in [0.2, 0.25) is 0 Å². The molecule has 1 aliphatic heterocycles. The molecule has 3 nitrogen and oxygen atoms in total. The van der Waals surface area contributed by atoms with Crippen LogP contribution in [0.3, 0.4) is 0 Å². The van der Waals surface area contributed by atoms with E-state index in [4.69, 9.17) is 10.00 Å². The summed E-state index contributed by atoms with van der Waals surface area (Å²) in [5.41, 5.74) is -0.313. The average molecular weight is 182 g/mol. The van der Waals surface area contributed by atoms with Crippen molar-refractivity contribution in [2.45, 2.75) is 38.1 Å². The Bertz CT molecular complexity index is 178. The van der Waals surface area contributed by atoms with Crippen molar-refractivity contribution in [3.8, 4) is 6.07 Å². The van der Waals surface area contributed by atoms with Gasteiger partial charge in [0.25, 0.3) is 0 Å². The summed E-state index contributed by atoms with van der Waals surface area (Å²) in [5.74, 6) is 0. The highest BCUT2D eigenvalue weighted by Gasteiger charge is 2.29. The number of hydrogen-bond acceptors (Lipinski definition) is 3. The van der Waals surface area contributed by atoms with Crippen LogP contribution in [0.15, 0.2) is 0 Å². The van der Waals surface area contributed by atoms with E-state index in [9.17, 15) is 0 Å². The molecule has 0 spiro atoms. The van der Waals surface area contributed by atoms with Crippen molar-refractivity contribution in [2.75, 3.05) is 19.8 Å². The van der Waals surface area contributed by atoms with Crippen molar-refractivity contribution in [3.63, 3.8) is 0 Å². The summed E-state index contributed by atoms with van der Waals surface area (Å²) in [6.07, 6.45) is 3.81. The van der Waals surface area contributed by atoms with Gasteiger partial charge in [0.15, 0.2) is 0 Å². The Kier molecular flexibility index (Phi) is 4.20. The molecular formula is C10H18N2O. The lowest BCUT2D eigenvalue weighted by molar-refractivity contribution is 0.140. The minimum absolute atomic E-state index is 0.313. The van der Waals surface area contributed by atoms with Crippen LogP contribution in [0.1, 0.15) is 32.6 Å². The van der Waals surface area contributed by atoms with E-state index in [0.29, 0.717) is 6.61 Å². The van der Waals surface area contributed by atoms with Crippen molar-refractivity contribution in [1.29, 1.82) is 5.26 Å². The first-order valence-electron chi connectivity index (χ1n) is 5.07. The zero-order valence-electron chi connectivity index (χ0n) is 8.31.